The van der Waals surface area contributed by atoms with Crippen molar-refractivity contribution in [3.63, 3.8) is 0 Å². The standard InChI is InChI=1S/C14H21NO/c1-11(16)9-10-15-14-8-4-6-12-5-2-3-7-13(12)14/h2-3,5,7,11,14-16H,4,6,8-10H2,1H3. The van der Waals surface area contributed by atoms with Gasteiger partial charge in [0.2, 0.25) is 0 Å². The van der Waals surface area contributed by atoms with E-state index < -0.39 is 0 Å². The van der Waals surface area contributed by atoms with Gasteiger partial charge in [-0.2, -0.15) is 0 Å². The van der Waals surface area contributed by atoms with E-state index in [4.69, 9.17) is 0 Å². The van der Waals surface area contributed by atoms with Gasteiger partial charge in [-0.15, -0.1) is 0 Å². The molecule has 0 saturated heterocycles. The molecule has 2 atom stereocenters. The lowest BCUT2D eigenvalue weighted by Crippen LogP contribution is -2.27. The highest BCUT2D eigenvalue weighted by Gasteiger charge is 2.18. The van der Waals surface area contributed by atoms with Crippen molar-refractivity contribution in [1.82, 2.24) is 5.32 Å². The van der Waals surface area contributed by atoms with Gasteiger partial charge in [-0.05, 0) is 50.3 Å². The molecule has 0 aliphatic heterocycles. The van der Waals surface area contributed by atoms with Gasteiger partial charge in [0.25, 0.3) is 0 Å². The van der Waals surface area contributed by atoms with Crippen molar-refractivity contribution in [1.29, 1.82) is 0 Å². The van der Waals surface area contributed by atoms with Gasteiger partial charge in [-0.25, -0.2) is 0 Å². The van der Waals surface area contributed by atoms with Crippen LogP contribution in [-0.2, 0) is 6.42 Å². The third kappa shape index (κ3) is 2.83. The molecule has 1 aromatic rings. The van der Waals surface area contributed by atoms with Crippen LogP contribution in [0.1, 0.15) is 43.4 Å². The quantitative estimate of drug-likeness (QED) is 0.815. The second-order valence-electron chi connectivity index (χ2n) is 4.74. The molecule has 0 spiro atoms. The number of hydrogen-bond acceptors (Lipinski definition) is 2. The average Bonchev–Trinajstić information content (AvgIpc) is 2.29. The Labute approximate surface area is 97.7 Å². The van der Waals surface area contributed by atoms with Gasteiger partial charge < -0.3 is 10.4 Å². The van der Waals surface area contributed by atoms with Crippen LogP contribution in [0.2, 0.25) is 0 Å². The van der Waals surface area contributed by atoms with Crippen molar-refractivity contribution in [2.45, 2.75) is 44.8 Å². The summed E-state index contributed by atoms with van der Waals surface area (Å²) in [7, 11) is 0. The summed E-state index contributed by atoms with van der Waals surface area (Å²) in [5.74, 6) is 0. The first-order chi connectivity index (χ1) is 7.77. The minimum Gasteiger partial charge on any atom is -0.393 e. The Morgan fingerprint density at radius 3 is 3.06 bits per heavy atom. The van der Waals surface area contributed by atoms with Crippen molar-refractivity contribution < 1.29 is 5.11 Å². The summed E-state index contributed by atoms with van der Waals surface area (Å²) in [6, 6.07) is 9.19. The number of hydrogen-bond donors (Lipinski definition) is 2. The van der Waals surface area contributed by atoms with Crippen molar-refractivity contribution >= 4 is 0 Å². The summed E-state index contributed by atoms with van der Waals surface area (Å²) in [5.41, 5.74) is 2.95. The minimum absolute atomic E-state index is 0.202. The zero-order valence-corrected chi connectivity index (χ0v) is 9.95. The monoisotopic (exact) mass is 219 g/mol. The highest BCUT2D eigenvalue weighted by Crippen LogP contribution is 2.29. The number of aliphatic hydroxyl groups excluding tert-OH is 1. The highest BCUT2D eigenvalue weighted by molar-refractivity contribution is 5.32. The predicted octanol–water partition coefficient (Wildman–Crippen LogP) is 2.42. The van der Waals surface area contributed by atoms with E-state index in [0.717, 1.165) is 13.0 Å². The molecule has 0 radical (unpaired) electrons. The van der Waals surface area contributed by atoms with Crippen molar-refractivity contribution in [3.8, 4) is 0 Å². The molecule has 2 heteroatoms. The fraction of sp³-hybridized carbons (Fsp3) is 0.571. The summed E-state index contributed by atoms with van der Waals surface area (Å²) >= 11 is 0. The Balaban J connectivity index is 1.96. The second-order valence-corrected chi connectivity index (χ2v) is 4.74. The van der Waals surface area contributed by atoms with Crippen LogP contribution >= 0.6 is 0 Å². The van der Waals surface area contributed by atoms with Gasteiger partial charge >= 0.3 is 0 Å². The summed E-state index contributed by atoms with van der Waals surface area (Å²) in [4.78, 5) is 0. The van der Waals surface area contributed by atoms with E-state index in [2.05, 4.69) is 29.6 Å². The topological polar surface area (TPSA) is 32.3 Å². The maximum absolute atomic E-state index is 9.24. The Morgan fingerprint density at radius 1 is 1.44 bits per heavy atom. The fourth-order valence-electron chi connectivity index (χ4n) is 2.43. The van der Waals surface area contributed by atoms with E-state index in [0.29, 0.717) is 6.04 Å². The lowest BCUT2D eigenvalue weighted by atomic mass is 9.88. The second kappa shape index (κ2) is 5.46. The predicted molar refractivity (Wildman–Crippen MR) is 66.4 cm³/mol. The summed E-state index contributed by atoms with van der Waals surface area (Å²) in [6.45, 7) is 2.74. The summed E-state index contributed by atoms with van der Waals surface area (Å²) in [6.07, 6.45) is 4.33. The molecular formula is C14H21NO. The van der Waals surface area contributed by atoms with Crippen LogP contribution in [0.3, 0.4) is 0 Å². The van der Waals surface area contributed by atoms with Crippen LogP contribution < -0.4 is 5.32 Å². The van der Waals surface area contributed by atoms with Gasteiger partial charge in [-0.1, -0.05) is 24.3 Å². The molecule has 0 saturated carbocycles. The van der Waals surface area contributed by atoms with Crippen LogP contribution in [0, 0.1) is 0 Å². The molecule has 0 aromatic heterocycles. The molecular weight excluding hydrogens is 198 g/mol. The number of aliphatic hydroxyl groups is 1. The maximum atomic E-state index is 9.24. The van der Waals surface area contributed by atoms with Crippen LogP contribution in [0.15, 0.2) is 24.3 Å². The lowest BCUT2D eigenvalue weighted by Gasteiger charge is -2.26. The molecule has 0 heterocycles. The molecule has 0 fully saturated rings. The number of fused-ring (bicyclic) bond motifs is 1. The molecule has 1 aliphatic carbocycles. The molecule has 0 amide bonds. The Morgan fingerprint density at radius 2 is 2.25 bits per heavy atom. The van der Waals surface area contributed by atoms with Crippen LogP contribution in [-0.4, -0.2) is 17.8 Å². The normalized spacial score (nSPS) is 21.5. The molecule has 16 heavy (non-hydrogen) atoms. The van der Waals surface area contributed by atoms with E-state index in [1.54, 1.807) is 0 Å². The largest absolute Gasteiger partial charge is 0.393 e. The van der Waals surface area contributed by atoms with Crippen LogP contribution in [0.5, 0.6) is 0 Å². The van der Waals surface area contributed by atoms with Crippen molar-refractivity contribution in [3.05, 3.63) is 35.4 Å². The Kier molecular flexibility index (Phi) is 3.97. The smallest absolute Gasteiger partial charge is 0.0524 e. The molecule has 1 aromatic carbocycles. The van der Waals surface area contributed by atoms with Crippen molar-refractivity contribution in [2.75, 3.05) is 6.54 Å². The summed E-state index contributed by atoms with van der Waals surface area (Å²) in [5, 5.41) is 12.8. The van der Waals surface area contributed by atoms with Gasteiger partial charge in [0.1, 0.15) is 0 Å². The maximum Gasteiger partial charge on any atom is 0.0524 e. The third-order valence-electron chi connectivity index (χ3n) is 3.32. The minimum atomic E-state index is -0.202. The van der Waals surface area contributed by atoms with Crippen molar-refractivity contribution in [2.24, 2.45) is 0 Å². The Bertz CT molecular complexity index is 335. The van der Waals surface area contributed by atoms with Gasteiger partial charge in [0, 0.05) is 6.04 Å². The molecule has 2 nitrogen and oxygen atoms in total. The van der Waals surface area contributed by atoms with E-state index in [9.17, 15) is 5.11 Å². The Hall–Kier alpha value is -0.860. The fourth-order valence-corrected chi connectivity index (χ4v) is 2.43. The molecule has 88 valence electrons. The molecule has 2 N–H and O–H groups in total. The lowest BCUT2D eigenvalue weighted by molar-refractivity contribution is 0.181. The first-order valence-corrected chi connectivity index (χ1v) is 6.26. The number of rotatable bonds is 4. The highest BCUT2D eigenvalue weighted by atomic mass is 16.3. The third-order valence-corrected chi connectivity index (χ3v) is 3.32. The van der Waals surface area contributed by atoms with Gasteiger partial charge in [-0.3, -0.25) is 0 Å². The molecule has 1 aliphatic rings. The molecule has 2 rings (SSSR count). The van der Waals surface area contributed by atoms with E-state index >= 15 is 0 Å². The SMILES string of the molecule is CC(O)CCNC1CCCc2ccccc21. The number of nitrogens with one attached hydrogen (secondary N) is 1. The number of benzene rings is 1. The first-order valence-electron chi connectivity index (χ1n) is 6.26. The zero-order chi connectivity index (χ0) is 11.4. The summed E-state index contributed by atoms with van der Waals surface area (Å²) < 4.78 is 0. The van der Waals surface area contributed by atoms with Crippen LogP contribution in [0.4, 0.5) is 0 Å². The van der Waals surface area contributed by atoms with E-state index in [1.165, 1.54) is 30.4 Å². The van der Waals surface area contributed by atoms with Gasteiger partial charge in [0.15, 0.2) is 0 Å². The van der Waals surface area contributed by atoms with Gasteiger partial charge in [0.05, 0.1) is 6.10 Å². The van der Waals surface area contributed by atoms with E-state index in [1.807, 2.05) is 6.92 Å². The first kappa shape index (κ1) is 11.6. The number of aryl methyl sites for hydroxylation is 1. The zero-order valence-electron chi connectivity index (χ0n) is 9.95. The molecule has 2 unspecified atom stereocenters. The molecule has 0 bridgehead atoms. The van der Waals surface area contributed by atoms with E-state index in [-0.39, 0.29) is 6.10 Å². The van der Waals surface area contributed by atoms with Crippen LogP contribution in [0.25, 0.3) is 0 Å². The average molecular weight is 219 g/mol.